The molecule has 1 saturated carbocycles. The molecule has 0 radical (unpaired) electrons. The second kappa shape index (κ2) is 8.78. The van der Waals surface area contributed by atoms with Crippen LogP contribution >= 0.6 is 0 Å². The van der Waals surface area contributed by atoms with Gasteiger partial charge in [0.2, 0.25) is 16.0 Å². The number of sulfonamides is 1. The minimum absolute atomic E-state index is 0.0226. The van der Waals surface area contributed by atoms with E-state index in [2.05, 4.69) is 31.8 Å². The first-order valence-electron chi connectivity index (χ1n) is 10.3. The molecule has 2 atom stereocenters. The number of nitriles is 1. The van der Waals surface area contributed by atoms with Gasteiger partial charge < -0.3 is 15.7 Å². The van der Waals surface area contributed by atoms with Gasteiger partial charge in [-0.2, -0.15) is 19.6 Å². The topological polar surface area (TPSA) is 149 Å². The summed E-state index contributed by atoms with van der Waals surface area (Å²) in [6.07, 6.45) is 7.42. The van der Waals surface area contributed by atoms with Crippen LogP contribution in [-0.2, 0) is 17.1 Å². The molecule has 3 heterocycles. The maximum atomic E-state index is 12.7. The maximum Gasteiger partial charge on any atom is 0.246 e. The molecule has 0 aromatic carbocycles. The lowest BCUT2D eigenvalue weighted by atomic mass is 10.1. The molecule has 0 spiro atoms. The summed E-state index contributed by atoms with van der Waals surface area (Å²) in [6, 6.07) is 2.19. The van der Waals surface area contributed by atoms with Crippen LogP contribution in [0.4, 0.5) is 11.8 Å². The molecule has 2 fully saturated rings. The number of anilines is 2. The zero-order chi connectivity index (χ0) is 22.0. The maximum absolute atomic E-state index is 12.7. The number of hydrogen-bond acceptors (Lipinski definition) is 9. The SMILES string of the molecule is Cn1cc(S(=O)(=O)N2CCC(Nc3ncc(C#N)c(NC4CC[C@@H](O)C4)n3)CC2)cn1. The normalized spacial score (nSPS) is 22.9. The summed E-state index contributed by atoms with van der Waals surface area (Å²) in [6.45, 7) is 0.770. The number of aryl methyl sites for hydroxylation is 1. The molecule has 31 heavy (non-hydrogen) atoms. The van der Waals surface area contributed by atoms with Crippen molar-refractivity contribution in [3.8, 4) is 6.07 Å². The van der Waals surface area contributed by atoms with Crippen molar-refractivity contribution in [1.29, 1.82) is 5.26 Å². The van der Waals surface area contributed by atoms with E-state index in [1.807, 2.05) is 0 Å². The number of hydrogen-bond donors (Lipinski definition) is 3. The van der Waals surface area contributed by atoms with E-state index in [-0.39, 0.29) is 23.1 Å². The van der Waals surface area contributed by atoms with Crippen molar-refractivity contribution in [2.75, 3.05) is 23.7 Å². The highest BCUT2D eigenvalue weighted by molar-refractivity contribution is 7.89. The van der Waals surface area contributed by atoms with Crippen LogP contribution in [0.3, 0.4) is 0 Å². The highest BCUT2D eigenvalue weighted by Crippen LogP contribution is 2.25. The Labute approximate surface area is 181 Å². The molecule has 0 bridgehead atoms. The van der Waals surface area contributed by atoms with Crippen LogP contribution in [0.5, 0.6) is 0 Å². The molecule has 2 aliphatic rings. The molecule has 12 heteroatoms. The lowest BCUT2D eigenvalue weighted by Gasteiger charge is -2.31. The Morgan fingerprint density at radius 1 is 1.16 bits per heavy atom. The molecule has 1 aliphatic heterocycles. The Balaban J connectivity index is 1.38. The lowest BCUT2D eigenvalue weighted by Crippen LogP contribution is -2.42. The van der Waals surface area contributed by atoms with Crippen LogP contribution in [0.25, 0.3) is 0 Å². The second-order valence-electron chi connectivity index (χ2n) is 8.05. The van der Waals surface area contributed by atoms with Crippen molar-refractivity contribution in [3.05, 3.63) is 24.2 Å². The largest absolute Gasteiger partial charge is 0.393 e. The minimum atomic E-state index is -3.55. The molecule has 11 nitrogen and oxygen atoms in total. The molecule has 1 unspecified atom stereocenters. The standard InChI is InChI=1S/C19H26N8O3S/c1-26-12-17(11-22-26)31(29,30)27-6-4-14(5-7-27)24-19-21-10-13(9-20)18(25-19)23-15-2-3-16(28)8-15/h10-12,14-16,28H,2-8H2,1H3,(H2,21,23,24,25)/t15?,16-/m1/s1. The summed E-state index contributed by atoms with van der Waals surface area (Å²) in [7, 11) is -1.86. The molecular formula is C19H26N8O3S. The van der Waals surface area contributed by atoms with Gasteiger partial charge in [-0.15, -0.1) is 0 Å². The molecule has 2 aromatic heterocycles. The number of aliphatic hydroxyl groups is 1. The monoisotopic (exact) mass is 446 g/mol. The molecule has 2 aromatic rings. The van der Waals surface area contributed by atoms with Gasteiger partial charge >= 0.3 is 0 Å². The number of rotatable bonds is 6. The first kappa shape index (κ1) is 21.5. The van der Waals surface area contributed by atoms with E-state index in [1.165, 1.54) is 27.6 Å². The van der Waals surface area contributed by atoms with E-state index >= 15 is 0 Å². The third kappa shape index (κ3) is 4.79. The van der Waals surface area contributed by atoms with Gasteiger partial charge in [0.05, 0.1) is 18.5 Å². The Morgan fingerprint density at radius 2 is 1.94 bits per heavy atom. The van der Waals surface area contributed by atoms with Crippen molar-refractivity contribution in [3.63, 3.8) is 0 Å². The van der Waals surface area contributed by atoms with Crippen molar-refractivity contribution in [2.45, 2.75) is 55.2 Å². The zero-order valence-electron chi connectivity index (χ0n) is 17.3. The van der Waals surface area contributed by atoms with Crippen molar-refractivity contribution < 1.29 is 13.5 Å². The summed E-state index contributed by atoms with van der Waals surface area (Å²) >= 11 is 0. The zero-order valence-corrected chi connectivity index (χ0v) is 18.1. The van der Waals surface area contributed by atoms with Gasteiger partial charge in [0.15, 0.2) is 0 Å². The van der Waals surface area contributed by atoms with Crippen LogP contribution in [0.2, 0.25) is 0 Å². The Bertz CT molecular complexity index is 1070. The number of nitrogens with one attached hydrogen (secondary N) is 2. The number of nitrogens with zero attached hydrogens (tertiary/aromatic N) is 6. The first-order valence-corrected chi connectivity index (χ1v) is 11.8. The smallest absolute Gasteiger partial charge is 0.246 e. The first-order chi connectivity index (χ1) is 14.8. The van der Waals surface area contributed by atoms with E-state index < -0.39 is 10.0 Å². The number of aliphatic hydroxyl groups excluding tert-OH is 1. The average molecular weight is 447 g/mol. The van der Waals surface area contributed by atoms with E-state index in [0.29, 0.717) is 49.7 Å². The van der Waals surface area contributed by atoms with Gasteiger partial charge in [-0.3, -0.25) is 4.68 Å². The highest BCUT2D eigenvalue weighted by Gasteiger charge is 2.31. The Kier molecular flexibility index (Phi) is 6.08. The van der Waals surface area contributed by atoms with Crippen LogP contribution in [0.15, 0.2) is 23.5 Å². The summed E-state index contributed by atoms with van der Waals surface area (Å²) in [5.41, 5.74) is 0.351. The van der Waals surface area contributed by atoms with Crippen LogP contribution in [-0.4, -0.2) is 68.9 Å². The minimum Gasteiger partial charge on any atom is -0.393 e. The molecule has 1 saturated heterocycles. The quantitative estimate of drug-likeness (QED) is 0.582. The fourth-order valence-electron chi connectivity index (χ4n) is 4.03. The molecular weight excluding hydrogens is 420 g/mol. The Morgan fingerprint density at radius 3 is 2.55 bits per heavy atom. The molecule has 4 rings (SSSR count). The van der Waals surface area contributed by atoms with Gasteiger partial charge in [-0.1, -0.05) is 0 Å². The van der Waals surface area contributed by atoms with Gasteiger partial charge in [0.25, 0.3) is 0 Å². The summed E-state index contributed by atoms with van der Waals surface area (Å²) in [5, 5.41) is 29.5. The Hall–Kier alpha value is -2.75. The van der Waals surface area contributed by atoms with Crippen LogP contribution in [0, 0.1) is 11.3 Å². The number of aromatic nitrogens is 4. The van der Waals surface area contributed by atoms with E-state index in [9.17, 15) is 18.8 Å². The lowest BCUT2D eigenvalue weighted by molar-refractivity contribution is 0.182. The third-order valence-corrected chi connectivity index (χ3v) is 7.61. The van der Waals surface area contributed by atoms with E-state index in [1.54, 1.807) is 7.05 Å². The van der Waals surface area contributed by atoms with Gasteiger partial charge in [-0.05, 0) is 32.1 Å². The fraction of sp³-hybridized carbons (Fsp3) is 0.579. The third-order valence-electron chi connectivity index (χ3n) is 5.76. The summed E-state index contributed by atoms with van der Waals surface area (Å²) in [5.74, 6) is 0.851. The van der Waals surface area contributed by atoms with Crippen molar-refractivity contribution in [1.82, 2.24) is 24.1 Å². The van der Waals surface area contributed by atoms with Gasteiger partial charge in [0.1, 0.15) is 22.3 Å². The molecule has 3 N–H and O–H groups in total. The van der Waals surface area contributed by atoms with Gasteiger partial charge in [0, 0.05) is 38.4 Å². The summed E-state index contributed by atoms with van der Waals surface area (Å²) in [4.78, 5) is 8.90. The molecule has 0 amide bonds. The second-order valence-corrected chi connectivity index (χ2v) is 9.99. The predicted octanol–water partition coefficient (Wildman–Crippen LogP) is 0.672. The average Bonchev–Trinajstić information content (AvgIpc) is 3.37. The fourth-order valence-corrected chi connectivity index (χ4v) is 5.49. The van der Waals surface area contributed by atoms with Crippen molar-refractivity contribution >= 4 is 21.8 Å². The molecule has 166 valence electrons. The van der Waals surface area contributed by atoms with E-state index in [0.717, 1.165) is 12.8 Å². The molecule has 1 aliphatic carbocycles. The van der Waals surface area contributed by atoms with Crippen LogP contribution < -0.4 is 10.6 Å². The number of piperidine rings is 1. The predicted molar refractivity (Wildman–Crippen MR) is 113 cm³/mol. The van der Waals surface area contributed by atoms with Crippen LogP contribution in [0.1, 0.15) is 37.7 Å². The van der Waals surface area contributed by atoms with E-state index in [4.69, 9.17) is 0 Å². The summed E-state index contributed by atoms with van der Waals surface area (Å²) < 4.78 is 28.4. The van der Waals surface area contributed by atoms with Gasteiger partial charge in [-0.25, -0.2) is 13.4 Å². The van der Waals surface area contributed by atoms with Crippen molar-refractivity contribution in [2.24, 2.45) is 7.05 Å². The highest BCUT2D eigenvalue weighted by atomic mass is 32.2.